The zero-order chi connectivity index (χ0) is 39.1. The van der Waals surface area contributed by atoms with Crippen LogP contribution in [0.1, 0.15) is 55.9 Å². The van der Waals surface area contributed by atoms with Crippen LogP contribution in [0.5, 0.6) is 0 Å². The summed E-state index contributed by atoms with van der Waals surface area (Å²) in [5, 5.41) is 3.91. The molecule has 6 heteroatoms. The predicted octanol–water partition coefficient (Wildman–Crippen LogP) is 13.7. The van der Waals surface area contributed by atoms with Crippen LogP contribution in [0, 0.1) is 23.9 Å². The zero-order valence-corrected chi connectivity index (χ0v) is 37.8. The fourth-order valence-electron chi connectivity index (χ4n) is 7.99. The van der Waals surface area contributed by atoms with Gasteiger partial charge in [-0.2, -0.15) is 11.3 Å². The quantitative estimate of drug-likeness (QED) is 0.117. The van der Waals surface area contributed by atoms with E-state index in [0.717, 1.165) is 40.9 Å². The Balaban J connectivity index is 0.000000172. The molecule has 0 N–H and O–H groups in total. The Kier molecular flexibility index (Phi) is 11.9. The van der Waals surface area contributed by atoms with Gasteiger partial charge in [0.2, 0.25) is 0 Å². The SMILES string of the molecule is CC(C)Cc1cc(-c2[c-]ccc3c2Cc2ccccc2-3)ncc1[Si](C)(C)C.CC(C)c1ccnc(-c2[c-]ccc3c2sc2c(-c4ccc(F)cc4)cccc23)c1.[Ir]. The number of aromatic nitrogens is 2. The van der Waals surface area contributed by atoms with E-state index in [2.05, 4.69) is 150 Å². The summed E-state index contributed by atoms with van der Waals surface area (Å²) in [6.45, 7) is 16.2. The normalized spacial score (nSPS) is 12.0. The molecule has 0 saturated heterocycles. The van der Waals surface area contributed by atoms with Crippen LogP contribution in [-0.4, -0.2) is 18.0 Å². The fourth-order valence-corrected chi connectivity index (χ4v) is 10.9. The van der Waals surface area contributed by atoms with Gasteiger partial charge in [-0.05, 0) is 91.8 Å². The number of thiophene rings is 1. The van der Waals surface area contributed by atoms with Gasteiger partial charge in [0.15, 0.2) is 0 Å². The first-order valence-electron chi connectivity index (χ1n) is 19.7. The molecule has 3 heterocycles. The van der Waals surface area contributed by atoms with Gasteiger partial charge in [-0.1, -0.05) is 136 Å². The van der Waals surface area contributed by atoms with Crippen molar-refractivity contribution in [1.82, 2.24) is 9.97 Å². The molecule has 9 rings (SSSR count). The second-order valence-corrected chi connectivity index (χ2v) is 22.7. The number of nitrogens with zero attached hydrogens (tertiary/aromatic N) is 2. The Morgan fingerprint density at radius 2 is 1.42 bits per heavy atom. The number of pyridine rings is 2. The molecule has 3 aromatic heterocycles. The van der Waals surface area contributed by atoms with E-state index in [9.17, 15) is 4.39 Å². The van der Waals surface area contributed by atoms with Crippen LogP contribution >= 0.6 is 11.3 Å². The van der Waals surface area contributed by atoms with Crippen LogP contribution in [0.2, 0.25) is 19.6 Å². The zero-order valence-electron chi connectivity index (χ0n) is 33.6. The van der Waals surface area contributed by atoms with Crippen LogP contribution in [0.15, 0.2) is 122 Å². The number of rotatable bonds is 7. The van der Waals surface area contributed by atoms with Gasteiger partial charge in [0.05, 0.1) is 8.07 Å². The van der Waals surface area contributed by atoms with E-state index < -0.39 is 8.07 Å². The van der Waals surface area contributed by atoms with E-state index in [0.29, 0.717) is 11.8 Å². The molecule has 5 aromatic carbocycles. The molecule has 0 spiro atoms. The van der Waals surface area contributed by atoms with Gasteiger partial charge >= 0.3 is 0 Å². The molecule has 8 aromatic rings. The Bertz CT molecular complexity index is 2710. The van der Waals surface area contributed by atoms with Crippen molar-refractivity contribution in [2.75, 3.05) is 0 Å². The molecule has 0 atom stereocenters. The summed E-state index contributed by atoms with van der Waals surface area (Å²) in [4.78, 5) is 9.56. The molecule has 1 aliphatic carbocycles. The second kappa shape index (κ2) is 16.7. The molecule has 0 saturated carbocycles. The van der Waals surface area contributed by atoms with Crippen LogP contribution in [0.3, 0.4) is 0 Å². The number of hydrogen-bond donors (Lipinski definition) is 0. The molecule has 1 radical (unpaired) electrons. The van der Waals surface area contributed by atoms with Gasteiger partial charge in [0, 0.05) is 37.2 Å². The standard InChI is InChI=1S/C26H19FNS.C25H28NSi.Ir/c1-16(2)18-13-14-28-24(15-18)23-8-4-7-22-21-6-3-5-20(25(21)29-26(22)23)17-9-11-19(27)12-10-17;1-17(2)13-19-15-24(26-16-25(19)27(3,4)5)22-12-8-11-21-20-10-7-6-9-18(20)14-23(21)22;/h3-7,9-16H,1-2H3;6-11,15-17H,13-14H2,1-5H3;/q2*-1;. The number of hydrogen-bond acceptors (Lipinski definition) is 3. The molecule has 0 bridgehead atoms. The predicted molar refractivity (Wildman–Crippen MR) is 239 cm³/mol. The monoisotopic (exact) mass is 959 g/mol. The number of benzene rings is 5. The molecule has 0 unspecified atom stereocenters. The third kappa shape index (κ3) is 8.24. The second-order valence-electron chi connectivity index (χ2n) is 16.7. The van der Waals surface area contributed by atoms with E-state index in [1.54, 1.807) is 11.3 Å². The van der Waals surface area contributed by atoms with Crippen LogP contribution in [-0.2, 0) is 32.9 Å². The summed E-state index contributed by atoms with van der Waals surface area (Å²) in [7, 11) is -1.41. The van der Waals surface area contributed by atoms with Crippen molar-refractivity contribution in [2.24, 2.45) is 5.92 Å². The van der Waals surface area contributed by atoms with Crippen molar-refractivity contribution in [2.45, 2.75) is 66.1 Å². The van der Waals surface area contributed by atoms with Gasteiger partial charge in [0.25, 0.3) is 0 Å². The van der Waals surface area contributed by atoms with E-state index >= 15 is 0 Å². The van der Waals surface area contributed by atoms with Crippen molar-refractivity contribution in [3.63, 3.8) is 0 Å². The Morgan fingerprint density at radius 3 is 2.18 bits per heavy atom. The van der Waals surface area contributed by atoms with Gasteiger partial charge in [-0.25, -0.2) is 4.39 Å². The molecular formula is C51H47FIrN2SSi-2. The third-order valence-electron chi connectivity index (χ3n) is 10.8. The summed E-state index contributed by atoms with van der Waals surface area (Å²) >= 11 is 1.76. The first-order valence-corrected chi connectivity index (χ1v) is 24.0. The summed E-state index contributed by atoms with van der Waals surface area (Å²) in [5.41, 5.74) is 14.7. The molecule has 0 aliphatic heterocycles. The van der Waals surface area contributed by atoms with E-state index in [1.165, 1.54) is 76.4 Å². The molecule has 0 fully saturated rings. The molecule has 0 amide bonds. The van der Waals surface area contributed by atoms with Crippen LogP contribution in [0.4, 0.5) is 4.39 Å². The van der Waals surface area contributed by atoms with Gasteiger partial charge in [-0.15, -0.1) is 53.1 Å². The molecule has 289 valence electrons. The topological polar surface area (TPSA) is 25.8 Å². The maximum Gasteiger partial charge on any atom is 0.123 e. The average Bonchev–Trinajstić information content (AvgIpc) is 3.77. The van der Waals surface area contributed by atoms with Gasteiger partial charge in [-0.3, -0.25) is 0 Å². The smallest absolute Gasteiger partial charge is 0.123 e. The molecule has 1 aliphatic rings. The molecule has 57 heavy (non-hydrogen) atoms. The summed E-state index contributed by atoms with van der Waals surface area (Å²) in [5.74, 6) is 0.874. The van der Waals surface area contributed by atoms with Crippen LogP contribution in [0.25, 0.3) is 64.9 Å². The van der Waals surface area contributed by atoms with E-state index in [1.807, 2.05) is 24.4 Å². The third-order valence-corrected chi connectivity index (χ3v) is 14.1. The summed E-state index contributed by atoms with van der Waals surface area (Å²) in [6.07, 6.45) is 6.14. The molecule has 2 nitrogen and oxygen atoms in total. The van der Waals surface area contributed by atoms with Gasteiger partial charge in [0.1, 0.15) is 5.82 Å². The molecular weight excluding hydrogens is 912 g/mol. The summed E-state index contributed by atoms with van der Waals surface area (Å²) < 4.78 is 15.8. The van der Waals surface area contributed by atoms with Gasteiger partial charge < -0.3 is 9.97 Å². The van der Waals surface area contributed by atoms with Crippen molar-refractivity contribution in [3.05, 3.63) is 162 Å². The maximum absolute atomic E-state index is 13.4. The minimum Gasteiger partial charge on any atom is -0.305 e. The van der Waals surface area contributed by atoms with E-state index in [4.69, 9.17) is 4.98 Å². The van der Waals surface area contributed by atoms with E-state index in [-0.39, 0.29) is 25.9 Å². The Morgan fingerprint density at radius 1 is 0.719 bits per heavy atom. The van der Waals surface area contributed by atoms with Crippen molar-refractivity contribution in [1.29, 1.82) is 0 Å². The number of halogens is 1. The first kappa shape index (κ1) is 40.6. The first-order chi connectivity index (χ1) is 27.0. The van der Waals surface area contributed by atoms with Crippen molar-refractivity contribution in [3.8, 4) is 44.8 Å². The minimum atomic E-state index is -1.41. The Hall–Kier alpha value is -4.58. The summed E-state index contributed by atoms with van der Waals surface area (Å²) in [6, 6.07) is 43.7. The van der Waals surface area contributed by atoms with Crippen molar-refractivity contribution >= 4 is 44.8 Å². The maximum atomic E-state index is 13.4. The van der Waals surface area contributed by atoms with Crippen LogP contribution < -0.4 is 5.19 Å². The van der Waals surface area contributed by atoms with Crippen molar-refractivity contribution < 1.29 is 24.5 Å². The Labute approximate surface area is 355 Å². The average molecular weight is 959 g/mol. The largest absolute Gasteiger partial charge is 0.305 e. The fraction of sp³-hybridized carbons (Fsp3) is 0.216. The minimum absolute atomic E-state index is 0. The number of fused-ring (bicyclic) bond motifs is 6.